The van der Waals surface area contributed by atoms with Crippen LogP contribution in [0.2, 0.25) is 0 Å². The van der Waals surface area contributed by atoms with Gasteiger partial charge >= 0.3 is 0 Å². The molecule has 23 heavy (non-hydrogen) atoms. The van der Waals surface area contributed by atoms with Crippen LogP contribution in [0, 0.1) is 6.92 Å². The van der Waals surface area contributed by atoms with Gasteiger partial charge in [0, 0.05) is 17.8 Å². The number of aliphatic hydroxyl groups is 1. The van der Waals surface area contributed by atoms with Crippen LogP contribution in [0.15, 0.2) is 24.3 Å². The summed E-state index contributed by atoms with van der Waals surface area (Å²) in [6, 6.07) is 7.75. The standard InChI is InChI=1S/C17H21N3O2S/c1-11-19-14-6-3-7-15(16(14)23-11)20-13-5-2-4-12(10-13)17(22)18-8-9-21/h2,4-5,10,15,20-21H,3,6-9H2,1H3,(H,18,22). The number of aliphatic hydroxyl groups excluding tert-OH is 1. The van der Waals surface area contributed by atoms with Crippen molar-refractivity contribution in [3.63, 3.8) is 0 Å². The summed E-state index contributed by atoms with van der Waals surface area (Å²) in [6.07, 6.45) is 3.27. The number of benzene rings is 1. The molecular formula is C17H21N3O2S. The van der Waals surface area contributed by atoms with E-state index in [0.29, 0.717) is 5.56 Å². The minimum atomic E-state index is -0.166. The number of aromatic nitrogens is 1. The molecule has 2 aromatic rings. The van der Waals surface area contributed by atoms with E-state index in [1.54, 1.807) is 17.4 Å². The molecule has 1 atom stereocenters. The van der Waals surface area contributed by atoms with Crippen LogP contribution in [-0.4, -0.2) is 29.1 Å². The summed E-state index contributed by atoms with van der Waals surface area (Å²) in [6.45, 7) is 2.26. The number of rotatable bonds is 5. The summed E-state index contributed by atoms with van der Waals surface area (Å²) in [7, 11) is 0. The zero-order valence-electron chi connectivity index (χ0n) is 13.1. The van der Waals surface area contributed by atoms with Crippen molar-refractivity contribution >= 4 is 22.9 Å². The predicted octanol–water partition coefficient (Wildman–Crippen LogP) is 2.66. The number of carbonyl (C=O) groups excluding carboxylic acids is 1. The topological polar surface area (TPSA) is 74.2 Å². The largest absolute Gasteiger partial charge is 0.395 e. The maximum absolute atomic E-state index is 12.0. The Hall–Kier alpha value is -1.92. The predicted molar refractivity (Wildman–Crippen MR) is 92.0 cm³/mol. The van der Waals surface area contributed by atoms with Crippen LogP contribution in [0.1, 0.15) is 44.8 Å². The number of hydrogen-bond acceptors (Lipinski definition) is 5. The van der Waals surface area contributed by atoms with Crippen LogP contribution >= 0.6 is 11.3 Å². The highest BCUT2D eigenvalue weighted by Gasteiger charge is 2.23. The number of carbonyl (C=O) groups is 1. The molecule has 0 bridgehead atoms. The molecule has 0 fully saturated rings. The first-order chi connectivity index (χ1) is 11.2. The van der Waals surface area contributed by atoms with Crippen molar-refractivity contribution in [1.82, 2.24) is 10.3 Å². The number of aryl methyl sites for hydroxylation is 2. The van der Waals surface area contributed by atoms with E-state index < -0.39 is 0 Å². The molecule has 1 heterocycles. The summed E-state index contributed by atoms with van der Waals surface area (Å²) in [5.41, 5.74) is 2.75. The zero-order valence-corrected chi connectivity index (χ0v) is 13.9. The SMILES string of the molecule is Cc1nc2c(s1)C(Nc1cccc(C(=O)NCCO)c1)CCC2. The van der Waals surface area contributed by atoms with Gasteiger partial charge in [0.05, 0.1) is 28.2 Å². The number of fused-ring (bicyclic) bond motifs is 1. The molecule has 122 valence electrons. The lowest BCUT2D eigenvalue weighted by atomic mass is 9.97. The Labute approximate surface area is 139 Å². The van der Waals surface area contributed by atoms with E-state index in [0.717, 1.165) is 30.0 Å². The van der Waals surface area contributed by atoms with Crippen molar-refractivity contribution in [3.05, 3.63) is 45.4 Å². The second kappa shape index (κ2) is 7.10. The molecule has 6 heteroatoms. The van der Waals surface area contributed by atoms with E-state index in [2.05, 4.69) is 15.6 Å². The first-order valence-corrected chi connectivity index (χ1v) is 8.71. The van der Waals surface area contributed by atoms with Gasteiger partial charge < -0.3 is 15.7 Å². The van der Waals surface area contributed by atoms with Crippen LogP contribution in [0.3, 0.4) is 0 Å². The summed E-state index contributed by atoms with van der Waals surface area (Å²) in [5.74, 6) is -0.166. The molecule has 3 rings (SSSR count). The highest BCUT2D eigenvalue weighted by Crippen LogP contribution is 2.36. The third-order valence-electron chi connectivity index (χ3n) is 3.92. The maximum Gasteiger partial charge on any atom is 0.251 e. The van der Waals surface area contributed by atoms with E-state index in [1.807, 2.05) is 25.1 Å². The molecule has 0 spiro atoms. The third-order valence-corrected chi connectivity index (χ3v) is 5.05. The maximum atomic E-state index is 12.0. The van der Waals surface area contributed by atoms with Gasteiger partial charge in [0.15, 0.2) is 0 Å². The summed E-state index contributed by atoms with van der Waals surface area (Å²) in [5, 5.41) is 16.1. The molecule has 0 aliphatic heterocycles. The lowest BCUT2D eigenvalue weighted by Gasteiger charge is -2.23. The lowest BCUT2D eigenvalue weighted by Crippen LogP contribution is -2.26. The summed E-state index contributed by atoms with van der Waals surface area (Å²) < 4.78 is 0. The number of amides is 1. The molecule has 1 amide bonds. The molecule has 3 N–H and O–H groups in total. The van der Waals surface area contributed by atoms with Crippen molar-refractivity contribution in [2.75, 3.05) is 18.5 Å². The van der Waals surface area contributed by atoms with Gasteiger partial charge in [-0.15, -0.1) is 11.3 Å². The molecule has 0 radical (unpaired) electrons. The Morgan fingerprint density at radius 3 is 3.17 bits per heavy atom. The third kappa shape index (κ3) is 3.71. The second-order valence-corrected chi connectivity index (χ2v) is 6.93. The Kier molecular flexibility index (Phi) is 4.93. The van der Waals surface area contributed by atoms with Gasteiger partial charge in [-0.2, -0.15) is 0 Å². The summed E-state index contributed by atoms with van der Waals surface area (Å²) >= 11 is 1.76. The highest BCUT2D eigenvalue weighted by atomic mass is 32.1. The van der Waals surface area contributed by atoms with E-state index in [-0.39, 0.29) is 25.1 Å². The number of thiazole rings is 1. The van der Waals surface area contributed by atoms with Crippen LogP contribution in [-0.2, 0) is 6.42 Å². The minimum absolute atomic E-state index is 0.0563. The van der Waals surface area contributed by atoms with Crippen LogP contribution < -0.4 is 10.6 Å². The normalized spacial score (nSPS) is 16.7. The zero-order chi connectivity index (χ0) is 16.2. The molecule has 1 aliphatic carbocycles. The number of nitrogens with zero attached hydrogens (tertiary/aromatic N) is 1. The van der Waals surface area contributed by atoms with Crippen LogP contribution in [0.25, 0.3) is 0 Å². The van der Waals surface area contributed by atoms with Crippen LogP contribution in [0.4, 0.5) is 5.69 Å². The van der Waals surface area contributed by atoms with Gasteiger partial charge in [-0.05, 0) is 44.4 Å². The van der Waals surface area contributed by atoms with Crippen molar-refractivity contribution < 1.29 is 9.90 Å². The fourth-order valence-corrected chi connectivity index (χ4v) is 3.96. The average Bonchev–Trinajstić information content (AvgIpc) is 2.94. The average molecular weight is 331 g/mol. The van der Waals surface area contributed by atoms with E-state index in [1.165, 1.54) is 10.6 Å². The number of hydrogen-bond donors (Lipinski definition) is 3. The number of nitrogens with one attached hydrogen (secondary N) is 2. The van der Waals surface area contributed by atoms with Gasteiger partial charge in [-0.3, -0.25) is 4.79 Å². The Morgan fingerprint density at radius 1 is 1.48 bits per heavy atom. The van der Waals surface area contributed by atoms with Crippen molar-refractivity contribution in [1.29, 1.82) is 0 Å². The van der Waals surface area contributed by atoms with Gasteiger partial charge in [0.1, 0.15) is 0 Å². The van der Waals surface area contributed by atoms with E-state index in [4.69, 9.17) is 5.11 Å². The quantitative estimate of drug-likeness (QED) is 0.787. The Morgan fingerprint density at radius 2 is 2.35 bits per heavy atom. The molecule has 1 aromatic carbocycles. The molecule has 1 unspecified atom stereocenters. The molecule has 1 aliphatic rings. The van der Waals surface area contributed by atoms with Crippen molar-refractivity contribution in [3.8, 4) is 0 Å². The minimum Gasteiger partial charge on any atom is -0.395 e. The van der Waals surface area contributed by atoms with Crippen molar-refractivity contribution in [2.45, 2.75) is 32.2 Å². The molecule has 0 saturated heterocycles. The smallest absolute Gasteiger partial charge is 0.251 e. The van der Waals surface area contributed by atoms with Gasteiger partial charge in [-0.1, -0.05) is 6.07 Å². The van der Waals surface area contributed by atoms with E-state index in [9.17, 15) is 4.79 Å². The highest BCUT2D eigenvalue weighted by molar-refractivity contribution is 7.11. The molecular weight excluding hydrogens is 310 g/mol. The lowest BCUT2D eigenvalue weighted by molar-refractivity contribution is 0.0945. The first kappa shape index (κ1) is 16.0. The Balaban J connectivity index is 1.75. The van der Waals surface area contributed by atoms with Crippen LogP contribution in [0.5, 0.6) is 0 Å². The van der Waals surface area contributed by atoms with Crippen molar-refractivity contribution in [2.24, 2.45) is 0 Å². The van der Waals surface area contributed by atoms with Gasteiger partial charge in [0.2, 0.25) is 0 Å². The van der Waals surface area contributed by atoms with Gasteiger partial charge in [0.25, 0.3) is 5.91 Å². The first-order valence-electron chi connectivity index (χ1n) is 7.89. The fraction of sp³-hybridized carbons (Fsp3) is 0.412. The molecule has 5 nitrogen and oxygen atoms in total. The fourth-order valence-electron chi connectivity index (χ4n) is 2.90. The monoisotopic (exact) mass is 331 g/mol. The molecule has 1 aromatic heterocycles. The summed E-state index contributed by atoms with van der Waals surface area (Å²) in [4.78, 5) is 17.9. The molecule has 0 saturated carbocycles. The Bertz CT molecular complexity index is 699. The van der Waals surface area contributed by atoms with E-state index >= 15 is 0 Å². The second-order valence-electron chi connectivity index (χ2n) is 5.69. The number of anilines is 1. The van der Waals surface area contributed by atoms with Gasteiger partial charge in [-0.25, -0.2) is 4.98 Å².